The van der Waals surface area contributed by atoms with Gasteiger partial charge < -0.3 is 5.11 Å². The van der Waals surface area contributed by atoms with E-state index in [1.165, 1.54) is 12.8 Å². The highest BCUT2D eigenvalue weighted by Gasteiger charge is 2.60. The van der Waals surface area contributed by atoms with Crippen molar-refractivity contribution in [3.8, 4) is 0 Å². The summed E-state index contributed by atoms with van der Waals surface area (Å²) < 4.78 is 0. The fraction of sp³-hybridized carbons (Fsp3) is 0.611. The summed E-state index contributed by atoms with van der Waals surface area (Å²) in [6.45, 7) is 0.652. The summed E-state index contributed by atoms with van der Waals surface area (Å²) in [5.74, 6) is 1.75. The second-order valence-electron chi connectivity index (χ2n) is 7.47. The largest absolute Gasteiger partial charge is 0.480 e. The lowest BCUT2D eigenvalue weighted by atomic mass is 9.65. The third-order valence-electron chi connectivity index (χ3n) is 6.18. The van der Waals surface area contributed by atoms with Gasteiger partial charge in [-0.3, -0.25) is 10.1 Å². The summed E-state index contributed by atoms with van der Waals surface area (Å²) in [5.41, 5.74) is 1.19. The molecule has 0 amide bonds. The zero-order valence-corrected chi connectivity index (χ0v) is 12.3. The molecule has 4 aliphatic carbocycles. The van der Waals surface area contributed by atoms with Gasteiger partial charge in [-0.1, -0.05) is 30.3 Å². The fourth-order valence-electron chi connectivity index (χ4n) is 5.61. The SMILES string of the molecule is O=C(O)C(NCc1ccccc1)C12CC3CC(C1)C(C3)C2. The Hall–Kier alpha value is -1.35. The van der Waals surface area contributed by atoms with E-state index in [0.29, 0.717) is 6.54 Å². The van der Waals surface area contributed by atoms with Crippen LogP contribution in [-0.4, -0.2) is 17.1 Å². The Labute approximate surface area is 125 Å². The van der Waals surface area contributed by atoms with Crippen LogP contribution in [0, 0.1) is 23.2 Å². The molecule has 2 N–H and O–H groups in total. The van der Waals surface area contributed by atoms with Crippen LogP contribution in [0.4, 0.5) is 0 Å². The third kappa shape index (κ3) is 2.18. The minimum atomic E-state index is -0.659. The van der Waals surface area contributed by atoms with Gasteiger partial charge in [0.1, 0.15) is 6.04 Å². The first-order valence-electron chi connectivity index (χ1n) is 8.16. The van der Waals surface area contributed by atoms with Crippen molar-refractivity contribution in [3.05, 3.63) is 35.9 Å². The van der Waals surface area contributed by atoms with E-state index in [4.69, 9.17) is 0 Å². The van der Waals surface area contributed by atoms with Crippen LogP contribution in [0.2, 0.25) is 0 Å². The van der Waals surface area contributed by atoms with E-state index in [9.17, 15) is 9.90 Å². The topological polar surface area (TPSA) is 49.3 Å². The van der Waals surface area contributed by atoms with Crippen molar-refractivity contribution in [2.45, 2.75) is 44.7 Å². The summed E-state index contributed by atoms with van der Waals surface area (Å²) in [6, 6.07) is 9.73. The van der Waals surface area contributed by atoms with Crippen molar-refractivity contribution in [1.29, 1.82) is 0 Å². The molecule has 0 aliphatic heterocycles. The standard InChI is InChI=1S/C18H23NO2/c20-17(21)16(19-11-12-4-2-1-3-5-12)18-8-13-6-14(9-18)15(7-13)10-18/h1-5,13-16,19H,6-11H2,(H,20,21). The number of rotatable bonds is 5. The van der Waals surface area contributed by atoms with Gasteiger partial charge in [-0.15, -0.1) is 0 Å². The van der Waals surface area contributed by atoms with E-state index in [0.717, 1.165) is 42.6 Å². The summed E-state index contributed by atoms with van der Waals surface area (Å²) in [4.78, 5) is 11.9. The first-order chi connectivity index (χ1) is 10.2. The van der Waals surface area contributed by atoms with Crippen molar-refractivity contribution >= 4 is 5.97 Å². The molecule has 4 aliphatic rings. The number of aliphatic carboxylic acids is 1. The summed E-state index contributed by atoms with van der Waals surface area (Å²) >= 11 is 0. The van der Waals surface area contributed by atoms with Gasteiger partial charge in [0, 0.05) is 6.54 Å². The Kier molecular flexibility index (Phi) is 3.07. The van der Waals surface area contributed by atoms with Crippen molar-refractivity contribution in [2.24, 2.45) is 23.2 Å². The molecule has 1 aromatic rings. The molecule has 3 heteroatoms. The number of carbonyl (C=O) groups is 1. The summed E-state index contributed by atoms with van der Waals surface area (Å²) in [5, 5.41) is 13.1. The molecular formula is C18H23NO2. The van der Waals surface area contributed by atoms with Gasteiger partial charge in [0.15, 0.2) is 0 Å². The molecule has 0 saturated heterocycles. The molecule has 1 aromatic carbocycles. The molecule has 0 aromatic heterocycles. The van der Waals surface area contributed by atoms with E-state index in [2.05, 4.69) is 17.4 Å². The first-order valence-corrected chi connectivity index (χ1v) is 8.16. The van der Waals surface area contributed by atoms with Crippen molar-refractivity contribution in [2.75, 3.05) is 0 Å². The maximum atomic E-state index is 11.9. The minimum Gasteiger partial charge on any atom is -0.480 e. The lowest BCUT2D eigenvalue weighted by molar-refractivity contribution is -0.144. The Morgan fingerprint density at radius 2 is 1.86 bits per heavy atom. The number of hydrogen-bond donors (Lipinski definition) is 2. The van der Waals surface area contributed by atoms with Crippen LogP contribution in [0.25, 0.3) is 0 Å². The monoisotopic (exact) mass is 285 g/mol. The second-order valence-corrected chi connectivity index (χ2v) is 7.47. The smallest absolute Gasteiger partial charge is 0.321 e. The summed E-state index contributed by atoms with van der Waals surface area (Å²) in [6.07, 6.45) is 6.10. The van der Waals surface area contributed by atoms with Crippen molar-refractivity contribution in [3.63, 3.8) is 0 Å². The van der Waals surface area contributed by atoms with Crippen LogP contribution >= 0.6 is 0 Å². The van der Waals surface area contributed by atoms with Gasteiger partial charge in [-0.05, 0) is 60.8 Å². The number of benzene rings is 1. The number of carboxylic acid groups (broad SMARTS) is 1. The molecule has 3 nitrogen and oxygen atoms in total. The van der Waals surface area contributed by atoms with Crippen LogP contribution in [0.5, 0.6) is 0 Å². The van der Waals surface area contributed by atoms with Crippen LogP contribution in [0.15, 0.2) is 30.3 Å². The molecule has 3 unspecified atom stereocenters. The van der Waals surface area contributed by atoms with Crippen molar-refractivity contribution < 1.29 is 9.90 Å². The van der Waals surface area contributed by atoms with Crippen LogP contribution < -0.4 is 5.32 Å². The zero-order valence-electron chi connectivity index (χ0n) is 12.3. The van der Waals surface area contributed by atoms with E-state index >= 15 is 0 Å². The Balaban J connectivity index is 1.51. The number of nitrogens with one attached hydrogen (secondary N) is 1. The predicted molar refractivity (Wildman–Crippen MR) is 80.7 cm³/mol. The minimum absolute atomic E-state index is 0.0249. The van der Waals surface area contributed by atoms with Gasteiger partial charge >= 0.3 is 5.97 Å². The maximum absolute atomic E-state index is 11.9. The van der Waals surface area contributed by atoms with Gasteiger partial charge in [-0.2, -0.15) is 0 Å². The lowest BCUT2D eigenvalue weighted by Gasteiger charge is -2.42. The quantitative estimate of drug-likeness (QED) is 0.874. The third-order valence-corrected chi connectivity index (χ3v) is 6.18. The predicted octanol–water partition coefficient (Wildman–Crippen LogP) is 3.06. The van der Waals surface area contributed by atoms with E-state index in [1.807, 2.05) is 18.2 Å². The Bertz CT molecular complexity index is 522. The number of hydrogen-bond acceptors (Lipinski definition) is 2. The molecule has 112 valence electrons. The van der Waals surface area contributed by atoms with Crippen LogP contribution in [0.3, 0.4) is 0 Å². The highest BCUT2D eigenvalue weighted by molar-refractivity contribution is 5.75. The molecule has 5 rings (SSSR count). The Morgan fingerprint density at radius 3 is 2.43 bits per heavy atom. The lowest BCUT2D eigenvalue weighted by Crippen LogP contribution is -2.51. The average Bonchev–Trinajstić information content (AvgIpc) is 2.87. The van der Waals surface area contributed by atoms with E-state index < -0.39 is 5.97 Å². The van der Waals surface area contributed by atoms with Crippen LogP contribution in [0.1, 0.15) is 37.7 Å². The highest BCUT2D eigenvalue weighted by atomic mass is 16.4. The molecule has 0 heterocycles. The number of carboxylic acids is 1. The molecule has 4 bridgehead atoms. The molecule has 4 fully saturated rings. The average molecular weight is 285 g/mol. The normalized spacial score (nSPS) is 37.8. The molecule has 3 atom stereocenters. The van der Waals surface area contributed by atoms with Crippen molar-refractivity contribution in [1.82, 2.24) is 5.32 Å². The van der Waals surface area contributed by atoms with Gasteiger partial charge in [0.05, 0.1) is 0 Å². The molecule has 0 radical (unpaired) electrons. The van der Waals surface area contributed by atoms with Gasteiger partial charge in [-0.25, -0.2) is 0 Å². The molecule has 21 heavy (non-hydrogen) atoms. The Morgan fingerprint density at radius 1 is 1.19 bits per heavy atom. The first kappa shape index (κ1) is 13.3. The second kappa shape index (κ2) is 4.84. The van der Waals surface area contributed by atoms with E-state index in [1.54, 1.807) is 0 Å². The molecular weight excluding hydrogens is 262 g/mol. The summed E-state index contributed by atoms with van der Waals surface area (Å²) in [7, 11) is 0. The highest BCUT2D eigenvalue weighted by Crippen LogP contribution is 2.65. The van der Waals surface area contributed by atoms with E-state index in [-0.39, 0.29) is 11.5 Å². The molecule has 4 saturated carbocycles. The maximum Gasteiger partial charge on any atom is 0.321 e. The van der Waals surface area contributed by atoms with Gasteiger partial charge in [0.25, 0.3) is 0 Å². The van der Waals surface area contributed by atoms with Crippen LogP contribution in [-0.2, 0) is 11.3 Å². The zero-order chi connectivity index (χ0) is 14.4. The fourth-order valence-corrected chi connectivity index (χ4v) is 5.61. The van der Waals surface area contributed by atoms with Gasteiger partial charge in [0.2, 0.25) is 0 Å². The molecule has 0 spiro atoms.